The third-order valence-corrected chi connectivity index (χ3v) is 10.6. The molecule has 0 aliphatic carbocycles. The monoisotopic (exact) mass is 1200 g/mol. The van der Waals surface area contributed by atoms with Gasteiger partial charge in [0.1, 0.15) is 11.8 Å². The van der Waals surface area contributed by atoms with Crippen molar-refractivity contribution in [3.63, 3.8) is 0 Å². The number of nitrogens with one attached hydrogen (secondary N) is 1. The number of methoxy groups -OCH3 is 2. The van der Waals surface area contributed by atoms with E-state index in [2.05, 4.69) is 5.32 Å². The predicted octanol–water partition coefficient (Wildman–Crippen LogP) is 1.48. The minimum atomic E-state index is -1.10. The number of hydrogen-bond donors (Lipinski definition) is 2. The molecule has 0 spiro atoms. The fourth-order valence-electron chi connectivity index (χ4n) is 6.29. The van der Waals surface area contributed by atoms with Crippen LogP contribution < -0.4 is 5.32 Å². The molecular weight excluding hydrogens is 1090 g/mol. The second-order valence-electron chi connectivity index (χ2n) is 17.3. The summed E-state index contributed by atoms with van der Waals surface area (Å²) < 4.78 is 119. The number of rotatable bonds is 74. The minimum Gasteiger partial charge on any atom is -0.480 e. The minimum absolute atomic E-state index is 0.0262. The second kappa shape index (κ2) is 71.2. The van der Waals surface area contributed by atoms with Gasteiger partial charge >= 0.3 is 5.97 Å². The largest absolute Gasteiger partial charge is 0.480 e. The lowest BCUT2D eigenvalue weighted by Gasteiger charge is -2.14. The Hall–Kier alpha value is -2.27. The molecule has 0 aliphatic rings. The fraction of sp³-hybridized carbons (Fsp3) is 0.945. The Bertz CT molecular complexity index is 1290. The average Bonchev–Trinajstić information content (AvgIpc) is 3.47. The molecule has 0 aromatic rings. The van der Waals surface area contributed by atoms with E-state index in [4.69, 9.17) is 104 Å². The summed E-state index contributed by atoms with van der Waals surface area (Å²) in [6, 6.07) is -1.01. The molecule has 0 fully saturated rings. The number of carbonyl (C=O) groups is 3. The van der Waals surface area contributed by atoms with Crippen molar-refractivity contribution in [3.05, 3.63) is 0 Å². The smallest absolute Gasteiger partial charge is 0.326 e. The first kappa shape index (κ1) is 79.7. The van der Waals surface area contributed by atoms with Gasteiger partial charge < -0.3 is 115 Å². The molecule has 488 valence electrons. The summed E-state index contributed by atoms with van der Waals surface area (Å²) >= 11 is 0. The molecule has 0 bridgehead atoms. The number of ether oxygens (including phenoxy) is 22. The first-order chi connectivity index (χ1) is 40.5. The molecule has 0 radical (unpaired) electrons. The van der Waals surface area contributed by atoms with E-state index >= 15 is 0 Å². The van der Waals surface area contributed by atoms with Gasteiger partial charge in [0.25, 0.3) is 0 Å². The number of carbonyl (C=O) groups excluding carboxylic acids is 2. The van der Waals surface area contributed by atoms with Crippen LogP contribution in [0, 0.1) is 0 Å². The van der Waals surface area contributed by atoms with Crippen LogP contribution in [0.3, 0.4) is 0 Å². The molecule has 0 heterocycles. The number of carboxylic acids is 1. The van der Waals surface area contributed by atoms with Crippen molar-refractivity contribution >= 4 is 17.7 Å². The summed E-state index contributed by atoms with van der Waals surface area (Å²) in [5.74, 6) is -1.43. The van der Waals surface area contributed by atoms with Crippen LogP contribution in [-0.4, -0.2) is 321 Å². The Labute approximate surface area is 488 Å². The topological polar surface area (TPSA) is 287 Å². The van der Waals surface area contributed by atoms with E-state index in [0.717, 1.165) is 0 Å². The van der Waals surface area contributed by atoms with Crippen molar-refractivity contribution in [2.24, 2.45) is 0 Å². The molecule has 0 aliphatic heterocycles. The zero-order valence-electron chi connectivity index (χ0n) is 49.9. The summed E-state index contributed by atoms with van der Waals surface area (Å²) in [6.07, 6.45) is 2.83. The number of unbranched alkanes of at least 4 members (excludes halogenated alkanes) is 2. The van der Waals surface area contributed by atoms with Crippen LogP contribution in [0.25, 0.3) is 0 Å². The SMILES string of the molecule is COCCOCCOCCOCCOCCOCCOCCOCCOCCOCCOCCOCCC(=O)CCCCCC(NC(=O)CCOCCOCCOCCOCCOCCOCCOCCOCCOCCOC)C(=O)O. The summed E-state index contributed by atoms with van der Waals surface area (Å²) in [5, 5.41) is 12.1. The predicted molar refractivity (Wildman–Crippen MR) is 297 cm³/mol. The van der Waals surface area contributed by atoms with Crippen LogP contribution in [0.15, 0.2) is 0 Å². The number of carboxylic acid groups (broad SMARTS) is 1. The number of hydrogen-bond acceptors (Lipinski definition) is 25. The number of amides is 1. The Morgan fingerprint density at radius 2 is 0.476 bits per heavy atom. The van der Waals surface area contributed by atoms with Crippen LogP contribution in [0.4, 0.5) is 0 Å². The Balaban J connectivity index is 3.39. The van der Waals surface area contributed by atoms with Crippen LogP contribution in [-0.2, 0) is 119 Å². The average molecular weight is 1200 g/mol. The van der Waals surface area contributed by atoms with Gasteiger partial charge in [0, 0.05) is 33.5 Å². The van der Waals surface area contributed by atoms with Gasteiger partial charge in [-0.15, -0.1) is 0 Å². The maximum absolute atomic E-state index is 12.3. The Morgan fingerprint density at radius 1 is 0.268 bits per heavy atom. The van der Waals surface area contributed by atoms with E-state index in [1.807, 2.05) is 0 Å². The lowest BCUT2D eigenvalue weighted by molar-refractivity contribution is -0.142. The molecule has 0 saturated carbocycles. The van der Waals surface area contributed by atoms with E-state index in [0.29, 0.717) is 296 Å². The second-order valence-corrected chi connectivity index (χ2v) is 17.3. The molecular formula is C55H107NO26. The fourth-order valence-corrected chi connectivity index (χ4v) is 6.29. The highest BCUT2D eigenvalue weighted by atomic mass is 16.6. The van der Waals surface area contributed by atoms with E-state index in [1.54, 1.807) is 14.2 Å². The Kier molecular flexibility index (Phi) is 69.2. The van der Waals surface area contributed by atoms with E-state index in [-0.39, 0.29) is 31.8 Å². The summed E-state index contributed by atoms with van der Waals surface area (Å²) in [4.78, 5) is 36.3. The highest BCUT2D eigenvalue weighted by Crippen LogP contribution is 2.08. The molecule has 82 heavy (non-hydrogen) atoms. The third-order valence-electron chi connectivity index (χ3n) is 10.6. The highest BCUT2D eigenvalue weighted by molar-refractivity contribution is 5.83. The molecule has 27 nitrogen and oxygen atoms in total. The van der Waals surface area contributed by atoms with Crippen molar-refractivity contribution in [1.29, 1.82) is 0 Å². The van der Waals surface area contributed by atoms with Crippen molar-refractivity contribution < 1.29 is 124 Å². The van der Waals surface area contributed by atoms with Crippen LogP contribution in [0.2, 0.25) is 0 Å². The standard InChI is InChI=1S/C55H107NO26/c1-61-12-14-65-20-22-69-28-30-73-36-38-77-44-46-80-43-41-76-35-33-72-27-25-68-19-17-64-11-9-54(58)56-53(55(59)60)7-5-3-4-6-52(57)8-10-63-16-18-67-24-26-71-32-34-75-40-42-79-48-49-82-51-50-81-47-45-78-39-37-74-31-29-70-23-21-66-15-13-62-2/h53H,3-51H2,1-2H3,(H,56,58)(H,59,60). The molecule has 27 heteroatoms. The molecule has 1 unspecified atom stereocenters. The lowest BCUT2D eigenvalue weighted by Crippen LogP contribution is -2.41. The van der Waals surface area contributed by atoms with Gasteiger partial charge in [0.2, 0.25) is 5.91 Å². The molecule has 0 saturated heterocycles. The van der Waals surface area contributed by atoms with Crippen molar-refractivity contribution in [2.75, 3.05) is 292 Å². The third kappa shape index (κ3) is 68.5. The molecule has 0 rings (SSSR count). The van der Waals surface area contributed by atoms with Crippen LogP contribution >= 0.6 is 0 Å². The molecule has 2 N–H and O–H groups in total. The molecule has 1 atom stereocenters. The van der Waals surface area contributed by atoms with Gasteiger partial charge in [-0.25, -0.2) is 4.79 Å². The van der Waals surface area contributed by atoms with Crippen molar-refractivity contribution in [3.8, 4) is 0 Å². The maximum atomic E-state index is 12.3. The summed E-state index contributed by atoms with van der Waals surface area (Å²) in [6.45, 7) is 19.2. The normalized spacial score (nSPS) is 12.0. The van der Waals surface area contributed by atoms with E-state index in [9.17, 15) is 19.5 Å². The number of ketones is 1. The zero-order chi connectivity index (χ0) is 59.2. The van der Waals surface area contributed by atoms with Crippen molar-refractivity contribution in [1.82, 2.24) is 5.32 Å². The van der Waals surface area contributed by atoms with Crippen LogP contribution in [0.5, 0.6) is 0 Å². The first-order valence-corrected chi connectivity index (χ1v) is 29.1. The lowest BCUT2D eigenvalue weighted by atomic mass is 10.0. The quantitative estimate of drug-likeness (QED) is 0.0816. The summed E-state index contributed by atoms with van der Waals surface area (Å²) in [5.41, 5.74) is 0. The molecule has 0 aromatic carbocycles. The maximum Gasteiger partial charge on any atom is 0.326 e. The number of Topliss-reactive ketones (excluding diaryl/α,β-unsaturated/α-hetero) is 1. The van der Waals surface area contributed by atoms with Gasteiger partial charge in [0.05, 0.1) is 277 Å². The zero-order valence-corrected chi connectivity index (χ0v) is 49.9. The van der Waals surface area contributed by atoms with Gasteiger partial charge in [0.15, 0.2) is 0 Å². The Morgan fingerprint density at radius 3 is 0.695 bits per heavy atom. The number of aliphatic carboxylic acids is 1. The van der Waals surface area contributed by atoms with Gasteiger partial charge in [-0.1, -0.05) is 12.8 Å². The van der Waals surface area contributed by atoms with Crippen LogP contribution in [0.1, 0.15) is 44.9 Å². The first-order valence-electron chi connectivity index (χ1n) is 29.1. The van der Waals surface area contributed by atoms with E-state index in [1.165, 1.54) is 0 Å². The molecule has 0 aromatic heterocycles. The van der Waals surface area contributed by atoms with Gasteiger partial charge in [-0.2, -0.15) is 0 Å². The van der Waals surface area contributed by atoms with Crippen molar-refractivity contribution in [2.45, 2.75) is 51.0 Å². The van der Waals surface area contributed by atoms with Gasteiger partial charge in [-0.3, -0.25) is 9.59 Å². The van der Waals surface area contributed by atoms with Gasteiger partial charge in [-0.05, 0) is 12.8 Å². The highest BCUT2D eigenvalue weighted by Gasteiger charge is 2.19. The van der Waals surface area contributed by atoms with E-state index < -0.39 is 17.9 Å². The molecule has 1 amide bonds. The summed E-state index contributed by atoms with van der Waals surface area (Å²) in [7, 11) is 3.27.